The van der Waals surface area contributed by atoms with Crippen LogP contribution in [0.15, 0.2) is 43.0 Å². The number of carbonyl (C=O) groups excluding carboxylic acids is 1. The Morgan fingerprint density at radius 2 is 1.92 bits per heavy atom. The maximum Gasteiger partial charge on any atom is 0.695 e. The largest absolute Gasteiger partial charge is 0.695 e. The Morgan fingerprint density at radius 3 is 2.57 bits per heavy atom. The fourth-order valence-corrected chi connectivity index (χ4v) is 6.21. The van der Waals surface area contributed by atoms with Gasteiger partial charge in [0.25, 0.3) is 5.91 Å². The molecule has 3 unspecified atom stereocenters. The summed E-state index contributed by atoms with van der Waals surface area (Å²) in [6.07, 6.45) is -1.01. The van der Waals surface area contributed by atoms with Crippen LogP contribution in [-0.4, -0.2) is 67.7 Å². The van der Waals surface area contributed by atoms with Crippen LogP contribution in [0.5, 0.6) is 0 Å². The van der Waals surface area contributed by atoms with E-state index >= 15 is 0 Å². The number of hydrogen-bond acceptors (Lipinski definition) is 9. The molecular formula is C23H29N5O7PSi+. The highest BCUT2D eigenvalue weighted by Gasteiger charge is 2.83. The van der Waals surface area contributed by atoms with Crippen molar-refractivity contribution in [3.8, 4) is 0 Å². The molecule has 2 aliphatic rings. The van der Waals surface area contributed by atoms with Crippen LogP contribution in [0, 0.1) is 0 Å². The average Bonchev–Trinajstić information content (AvgIpc) is 3.13. The number of carbonyl (C=O) groups is 1. The molecule has 2 fully saturated rings. The molecule has 37 heavy (non-hydrogen) atoms. The molecule has 5 rings (SSSR count). The van der Waals surface area contributed by atoms with Crippen LogP contribution in [0.1, 0.15) is 37.4 Å². The van der Waals surface area contributed by atoms with Gasteiger partial charge in [-0.25, -0.2) is 15.0 Å². The van der Waals surface area contributed by atoms with Crippen LogP contribution in [0.4, 0.5) is 5.82 Å². The lowest BCUT2D eigenvalue weighted by molar-refractivity contribution is -0.0830. The Hall–Kier alpha value is -2.64. The standard InChI is InChI=1S/C23H28N5O7PSi/c1-22(2,3)37(4,5)34-17-21(33-16-15(29)23(16,17)35-36(31)32)28-12-26-14-18(24-11-25-19(14)28)27-20(30)13-9-7-6-8-10-13/h6-12,15-17,21,29H,1-5H3,(H-,24,25,27,30,31,32)/p+1/t15?,16-,17?,21-,23-/m1/s1. The number of aliphatic hydroxyl groups is 1. The Kier molecular flexibility index (Phi) is 6.31. The Morgan fingerprint density at radius 1 is 1.22 bits per heavy atom. The lowest BCUT2D eigenvalue weighted by Crippen LogP contribution is -2.51. The zero-order valence-electron chi connectivity index (χ0n) is 21.0. The Bertz CT molecular complexity index is 1360. The lowest BCUT2D eigenvalue weighted by atomic mass is 10.1. The maximum absolute atomic E-state index is 12.7. The summed E-state index contributed by atoms with van der Waals surface area (Å²) in [5.41, 5.74) is -0.365. The minimum absolute atomic E-state index is 0.202. The number of hydrogen-bond donors (Lipinski definition) is 3. The van der Waals surface area contributed by atoms with Crippen molar-refractivity contribution in [1.29, 1.82) is 0 Å². The first-order valence-electron chi connectivity index (χ1n) is 11.8. The van der Waals surface area contributed by atoms with E-state index in [0.29, 0.717) is 16.7 Å². The molecule has 0 bridgehead atoms. The van der Waals surface area contributed by atoms with Gasteiger partial charge in [0.05, 0.1) is 6.33 Å². The van der Waals surface area contributed by atoms with Crippen molar-refractivity contribution in [3.05, 3.63) is 48.5 Å². The van der Waals surface area contributed by atoms with Crippen molar-refractivity contribution in [2.75, 3.05) is 5.32 Å². The molecule has 1 aliphatic heterocycles. The van der Waals surface area contributed by atoms with Crippen molar-refractivity contribution in [1.82, 2.24) is 19.5 Å². The number of imidazole rings is 1. The van der Waals surface area contributed by atoms with Crippen LogP contribution in [0.3, 0.4) is 0 Å². The van der Waals surface area contributed by atoms with Gasteiger partial charge in [-0.3, -0.25) is 9.36 Å². The molecule has 1 aromatic carbocycles. The SMILES string of the molecule is CC(C)(C)[Si](C)(C)OC1[C@H](n2cnc3c(NC(=O)c4ccccc4)ncnc32)O[C@@H]2C(O)[C@]12O[P+](=O)O. The van der Waals surface area contributed by atoms with Gasteiger partial charge in [0, 0.05) is 10.1 Å². The summed E-state index contributed by atoms with van der Waals surface area (Å²) < 4.78 is 31.5. The minimum Gasteiger partial charge on any atom is -0.406 e. The van der Waals surface area contributed by atoms with E-state index in [1.165, 1.54) is 12.7 Å². The predicted octanol–water partition coefficient (Wildman–Crippen LogP) is 3.15. The van der Waals surface area contributed by atoms with Crippen LogP contribution in [0.25, 0.3) is 11.2 Å². The second-order valence-corrected chi connectivity index (χ2v) is 16.2. The fourth-order valence-electron chi connectivity index (χ4n) is 4.34. The number of benzene rings is 1. The Labute approximate surface area is 215 Å². The quantitative estimate of drug-likeness (QED) is 0.297. The van der Waals surface area contributed by atoms with Gasteiger partial charge in [0.2, 0.25) is 5.60 Å². The smallest absolute Gasteiger partial charge is 0.406 e. The summed E-state index contributed by atoms with van der Waals surface area (Å²) in [6, 6.07) is 8.71. The van der Waals surface area contributed by atoms with Crippen LogP contribution < -0.4 is 5.32 Å². The summed E-state index contributed by atoms with van der Waals surface area (Å²) in [5.74, 6) is -0.137. The zero-order valence-corrected chi connectivity index (χ0v) is 22.9. The minimum atomic E-state index is -3.04. The first kappa shape index (κ1) is 26.0. The second kappa shape index (κ2) is 8.98. The van der Waals surface area contributed by atoms with Crippen molar-refractivity contribution in [2.45, 2.75) is 69.0 Å². The normalized spacial score (nSPS) is 27.7. The van der Waals surface area contributed by atoms with E-state index in [-0.39, 0.29) is 16.8 Å². The monoisotopic (exact) mass is 546 g/mol. The van der Waals surface area contributed by atoms with Gasteiger partial charge in [0.15, 0.2) is 31.5 Å². The molecule has 1 saturated carbocycles. The third-order valence-electron chi connectivity index (χ3n) is 7.44. The average molecular weight is 547 g/mol. The molecule has 3 N–H and O–H groups in total. The number of aliphatic hydroxyl groups excluding tert-OH is 1. The first-order chi connectivity index (χ1) is 17.4. The van der Waals surface area contributed by atoms with Crippen LogP contribution in [-0.2, 0) is 18.3 Å². The molecule has 0 spiro atoms. The van der Waals surface area contributed by atoms with Gasteiger partial charge in [-0.05, 0) is 30.3 Å². The molecule has 1 amide bonds. The van der Waals surface area contributed by atoms with E-state index in [1.807, 2.05) is 19.2 Å². The number of ether oxygens (including phenoxy) is 1. The van der Waals surface area contributed by atoms with Crippen molar-refractivity contribution >= 4 is 39.5 Å². The van der Waals surface area contributed by atoms with Crippen LogP contribution >= 0.6 is 8.25 Å². The summed E-state index contributed by atoms with van der Waals surface area (Å²) in [5, 5.41) is 13.2. The second-order valence-electron chi connectivity index (χ2n) is 10.7. The number of fused-ring (bicyclic) bond motifs is 2. The third kappa shape index (κ3) is 4.30. The van der Waals surface area contributed by atoms with E-state index in [2.05, 4.69) is 41.0 Å². The van der Waals surface area contributed by atoms with Gasteiger partial charge in [0.1, 0.15) is 24.6 Å². The molecule has 3 aromatic rings. The number of aromatic nitrogens is 4. The molecule has 1 aliphatic carbocycles. The summed E-state index contributed by atoms with van der Waals surface area (Å²) in [7, 11) is -5.52. The summed E-state index contributed by atoms with van der Waals surface area (Å²) >= 11 is 0. The molecule has 0 radical (unpaired) electrons. The van der Waals surface area contributed by atoms with E-state index < -0.39 is 46.7 Å². The number of anilines is 1. The lowest BCUT2D eigenvalue weighted by Gasteiger charge is -2.41. The zero-order chi connectivity index (χ0) is 26.8. The van der Waals surface area contributed by atoms with Crippen LogP contribution in [0.2, 0.25) is 18.1 Å². The van der Waals surface area contributed by atoms with E-state index in [4.69, 9.17) is 13.7 Å². The molecular weight excluding hydrogens is 517 g/mol. The van der Waals surface area contributed by atoms with E-state index in [1.54, 1.807) is 28.8 Å². The highest BCUT2D eigenvalue weighted by Crippen LogP contribution is 2.61. The Balaban J connectivity index is 1.52. The molecule has 3 heterocycles. The van der Waals surface area contributed by atoms with Gasteiger partial charge in [-0.1, -0.05) is 39.0 Å². The molecule has 1 saturated heterocycles. The highest BCUT2D eigenvalue weighted by atomic mass is 31.1. The maximum atomic E-state index is 12.7. The number of nitrogens with one attached hydrogen (secondary N) is 1. The number of amides is 1. The fraction of sp³-hybridized carbons (Fsp3) is 0.478. The van der Waals surface area contributed by atoms with Crippen molar-refractivity contribution < 1.29 is 33.0 Å². The molecule has 14 heteroatoms. The number of nitrogens with zero attached hydrogens (tertiary/aromatic N) is 4. The molecule has 2 aromatic heterocycles. The molecule has 196 valence electrons. The molecule has 12 nitrogen and oxygen atoms in total. The summed E-state index contributed by atoms with van der Waals surface area (Å²) in [6.45, 7) is 10.2. The predicted molar refractivity (Wildman–Crippen MR) is 135 cm³/mol. The third-order valence-corrected chi connectivity index (χ3v) is 12.4. The van der Waals surface area contributed by atoms with E-state index in [0.717, 1.165) is 0 Å². The van der Waals surface area contributed by atoms with E-state index in [9.17, 15) is 19.4 Å². The van der Waals surface area contributed by atoms with Crippen molar-refractivity contribution in [3.63, 3.8) is 0 Å². The van der Waals surface area contributed by atoms with Crippen molar-refractivity contribution in [2.24, 2.45) is 0 Å². The first-order valence-corrected chi connectivity index (χ1v) is 15.8. The van der Waals surface area contributed by atoms with Gasteiger partial charge in [-0.2, -0.15) is 0 Å². The topological polar surface area (TPSA) is 158 Å². The van der Waals surface area contributed by atoms with Gasteiger partial charge >= 0.3 is 8.25 Å². The van der Waals surface area contributed by atoms with Gasteiger partial charge in [-0.15, -0.1) is 9.42 Å². The van der Waals surface area contributed by atoms with Gasteiger partial charge < -0.3 is 19.6 Å². The number of rotatable bonds is 7. The summed E-state index contributed by atoms with van der Waals surface area (Å²) in [4.78, 5) is 35.3. The molecule has 6 atom stereocenters. The highest BCUT2D eigenvalue weighted by molar-refractivity contribution is 7.32.